The summed E-state index contributed by atoms with van der Waals surface area (Å²) in [4.78, 5) is 12.0. The number of para-hydroxylation sites is 1. The van der Waals surface area contributed by atoms with Gasteiger partial charge in [0.1, 0.15) is 17.9 Å². The molecule has 2 aromatic rings. The van der Waals surface area contributed by atoms with Gasteiger partial charge in [-0.15, -0.1) is 0 Å². The molecule has 20 heavy (non-hydrogen) atoms. The Hall–Kier alpha value is -2.08. The first-order valence-electron chi connectivity index (χ1n) is 6.67. The van der Waals surface area contributed by atoms with Crippen molar-refractivity contribution in [1.82, 2.24) is 9.13 Å². The zero-order chi connectivity index (χ0) is 14.1. The molecule has 106 valence electrons. The maximum absolute atomic E-state index is 12.0. The fraction of sp³-hybridized carbons (Fsp3) is 0.429. The van der Waals surface area contributed by atoms with Crippen LogP contribution in [0.5, 0.6) is 5.75 Å². The number of aryl methyl sites for hydroxylation is 1. The summed E-state index contributed by atoms with van der Waals surface area (Å²) >= 11 is 0. The molecule has 0 radical (unpaired) electrons. The summed E-state index contributed by atoms with van der Waals surface area (Å²) < 4.78 is 14.2. The normalized spacial score (nSPS) is 18.6. The number of hydrogen-bond donors (Lipinski definition) is 1. The Kier molecular flexibility index (Phi) is 3.31. The van der Waals surface area contributed by atoms with Gasteiger partial charge in [-0.25, -0.2) is 4.79 Å². The molecule has 0 spiro atoms. The number of imidazole rings is 1. The van der Waals surface area contributed by atoms with E-state index in [2.05, 4.69) is 0 Å². The van der Waals surface area contributed by atoms with Gasteiger partial charge in [0.15, 0.2) is 0 Å². The lowest BCUT2D eigenvalue weighted by Gasteiger charge is -2.12. The molecule has 1 aromatic heterocycles. The summed E-state index contributed by atoms with van der Waals surface area (Å²) in [6, 6.07) is 5.47. The van der Waals surface area contributed by atoms with Gasteiger partial charge in [-0.1, -0.05) is 6.07 Å². The van der Waals surface area contributed by atoms with E-state index in [1.165, 1.54) is 9.13 Å². The third-order valence-corrected chi connectivity index (χ3v) is 3.64. The fourth-order valence-electron chi connectivity index (χ4n) is 2.60. The van der Waals surface area contributed by atoms with Crippen molar-refractivity contribution in [2.75, 3.05) is 13.2 Å². The van der Waals surface area contributed by atoms with E-state index in [9.17, 15) is 4.79 Å². The minimum Gasteiger partial charge on any atom is -0.489 e. The average molecular weight is 275 g/mol. The van der Waals surface area contributed by atoms with Crippen molar-refractivity contribution in [3.63, 3.8) is 0 Å². The van der Waals surface area contributed by atoms with E-state index in [0.29, 0.717) is 23.4 Å². The number of benzene rings is 1. The van der Waals surface area contributed by atoms with Crippen molar-refractivity contribution < 1.29 is 9.47 Å². The van der Waals surface area contributed by atoms with Crippen molar-refractivity contribution in [2.24, 2.45) is 7.05 Å². The molecule has 0 saturated carbocycles. The van der Waals surface area contributed by atoms with Crippen LogP contribution in [0.25, 0.3) is 11.0 Å². The van der Waals surface area contributed by atoms with Gasteiger partial charge in [0.25, 0.3) is 0 Å². The fourth-order valence-corrected chi connectivity index (χ4v) is 2.60. The molecule has 1 unspecified atom stereocenters. The quantitative estimate of drug-likeness (QED) is 0.676. The highest BCUT2D eigenvalue weighted by Crippen LogP contribution is 2.25. The van der Waals surface area contributed by atoms with E-state index >= 15 is 0 Å². The molecular weight excluding hydrogens is 258 g/mol. The first-order valence-corrected chi connectivity index (χ1v) is 6.67. The van der Waals surface area contributed by atoms with Crippen molar-refractivity contribution in [3.8, 4) is 5.75 Å². The van der Waals surface area contributed by atoms with Crippen molar-refractivity contribution in [1.29, 1.82) is 5.41 Å². The van der Waals surface area contributed by atoms with E-state index in [1.807, 2.05) is 12.1 Å². The Labute approximate surface area is 116 Å². The lowest BCUT2D eigenvalue weighted by molar-refractivity contribution is 0.0684. The Morgan fingerprint density at radius 3 is 3.10 bits per heavy atom. The molecular formula is C14H17N3O3. The summed E-state index contributed by atoms with van der Waals surface area (Å²) in [6.07, 6.45) is 3.23. The number of aromatic nitrogens is 2. The van der Waals surface area contributed by atoms with Crippen LogP contribution >= 0.6 is 0 Å². The van der Waals surface area contributed by atoms with Crippen LogP contribution in [0.15, 0.2) is 23.0 Å². The van der Waals surface area contributed by atoms with E-state index in [0.717, 1.165) is 25.8 Å². The zero-order valence-electron chi connectivity index (χ0n) is 11.3. The number of rotatable bonds is 4. The van der Waals surface area contributed by atoms with Crippen LogP contribution in [0.1, 0.15) is 12.8 Å². The number of fused-ring (bicyclic) bond motifs is 1. The van der Waals surface area contributed by atoms with Crippen LogP contribution in [0, 0.1) is 5.41 Å². The second kappa shape index (κ2) is 5.13. The first-order chi connectivity index (χ1) is 9.72. The average Bonchev–Trinajstić information content (AvgIpc) is 3.05. The SMILES string of the molecule is Cn1c(=O)n(C=N)c2cccc(OCC3CCCO3)c21. The third kappa shape index (κ3) is 2.02. The number of hydrogen-bond acceptors (Lipinski definition) is 4. The Balaban J connectivity index is 1.98. The third-order valence-electron chi connectivity index (χ3n) is 3.64. The van der Waals surface area contributed by atoms with Crippen LogP contribution in [-0.4, -0.2) is 34.8 Å². The van der Waals surface area contributed by atoms with E-state index in [-0.39, 0.29) is 11.8 Å². The van der Waals surface area contributed by atoms with Crippen LogP contribution in [0.3, 0.4) is 0 Å². The molecule has 1 saturated heterocycles. The van der Waals surface area contributed by atoms with Gasteiger partial charge < -0.3 is 9.47 Å². The van der Waals surface area contributed by atoms with Crippen molar-refractivity contribution in [3.05, 3.63) is 28.7 Å². The minimum absolute atomic E-state index is 0.132. The second-order valence-corrected chi connectivity index (χ2v) is 4.91. The van der Waals surface area contributed by atoms with Crippen LogP contribution < -0.4 is 10.4 Å². The topological polar surface area (TPSA) is 69.2 Å². The summed E-state index contributed by atoms with van der Waals surface area (Å²) in [5.41, 5.74) is 1.14. The maximum atomic E-state index is 12.0. The van der Waals surface area contributed by atoms with E-state index < -0.39 is 0 Å². The molecule has 1 aromatic carbocycles. The zero-order valence-corrected chi connectivity index (χ0v) is 11.3. The van der Waals surface area contributed by atoms with E-state index in [1.54, 1.807) is 13.1 Å². The predicted molar refractivity (Wildman–Crippen MR) is 75.8 cm³/mol. The van der Waals surface area contributed by atoms with Gasteiger partial charge in [0, 0.05) is 13.7 Å². The molecule has 3 rings (SSSR count). The molecule has 0 bridgehead atoms. The molecule has 1 aliphatic rings. The molecule has 1 aliphatic heterocycles. The Morgan fingerprint density at radius 2 is 2.40 bits per heavy atom. The first kappa shape index (κ1) is 12.9. The molecule has 2 heterocycles. The van der Waals surface area contributed by atoms with Crippen LogP contribution in [0.4, 0.5) is 0 Å². The predicted octanol–water partition coefficient (Wildman–Crippen LogP) is 1.35. The highest BCUT2D eigenvalue weighted by molar-refractivity contribution is 5.87. The summed E-state index contributed by atoms with van der Waals surface area (Å²) in [6.45, 7) is 1.28. The monoisotopic (exact) mass is 275 g/mol. The minimum atomic E-state index is -0.247. The lowest BCUT2D eigenvalue weighted by atomic mass is 10.2. The molecule has 6 nitrogen and oxygen atoms in total. The Morgan fingerprint density at radius 1 is 1.55 bits per heavy atom. The lowest BCUT2D eigenvalue weighted by Crippen LogP contribution is -2.21. The van der Waals surface area contributed by atoms with Gasteiger partial charge in [0.2, 0.25) is 0 Å². The van der Waals surface area contributed by atoms with Crippen LogP contribution in [0.2, 0.25) is 0 Å². The molecule has 1 fully saturated rings. The van der Waals surface area contributed by atoms with Crippen LogP contribution in [-0.2, 0) is 11.8 Å². The molecule has 1 atom stereocenters. The molecule has 6 heteroatoms. The van der Waals surface area contributed by atoms with Gasteiger partial charge in [-0.3, -0.25) is 14.5 Å². The highest BCUT2D eigenvalue weighted by Gasteiger charge is 2.18. The summed E-state index contributed by atoms with van der Waals surface area (Å²) in [5, 5.41) is 7.35. The van der Waals surface area contributed by atoms with Crippen molar-refractivity contribution in [2.45, 2.75) is 18.9 Å². The number of nitrogens with zero attached hydrogens (tertiary/aromatic N) is 2. The van der Waals surface area contributed by atoms with Gasteiger partial charge in [-0.2, -0.15) is 0 Å². The molecule has 0 amide bonds. The highest BCUT2D eigenvalue weighted by atomic mass is 16.5. The van der Waals surface area contributed by atoms with Gasteiger partial charge in [0.05, 0.1) is 18.0 Å². The standard InChI is InChI=1S/C14H17N3O3/c1-16-13-11(17(9-15)14(16)18)5-2-6-12(13)20-8-10-4-3-7-19-10/h2,5-6,9-10,15H,3-4,7-8H2,1H3. The largest absolute Gasteiger partial charge is 0.489 e. The number of nitrogens with one attached hydrogen (secondary N) is 1. The van der Waals surface area contributed by atoms with Crippen molar-refractivity contribution >= 4 is 17.4 Å². The molecule has 0 aliphatic carbocycles. The van der Waals surface area contributed by atoms with Gasteiger partial charge >= 0.3 is 5.69 Å². The summed E-state index contributed by atoms with van der Waals surface area (Å²) in [5.74, 6) is 0.651. The molecule has 1 N–H and O–H groups in total. The van der Waals surface area contributed by atoms with Gasteiger partial charge in [-0.05, 0) is 25.0 Å². The maximum Gasteiger partial charge on any atom is 0.334 e. The second-order valence-electron chi connectivity index (χ2n) is 4.91. The summed E-state index contributed by atoms with van der Waals surface area (Å²) in [7, 11) is 1.68. The number of ether oxygens (including phenoxy) is 2. The van der Waals surface area contributed by atoms with E-state index in [4.69, 9.17) is 14.9 Å². The smallest absolute Gasteiger partial charge is 0.334 e. The Bertz CT molecular complexity index is 695.